The minimum Gasteiger partial charge on any atom is -0.345 e. The van der Waals surface area contributed by atoms with E-state index in [1.165, 1.54) is 6.42 Å². The highest BCUT2D eigenvalue weighted by atomic mass is 35.5. The molecule has 1 heterocycles. The average Bonchev–Trinajstić information content (AvgIpc) is 2.68. The molecule has 0 aromatic carbocycles. The Labute approximate surface area is 119 Å². The van der Waals surface area contributed by atoms with E-state index in [0.29, 0.717) is 17.4 Å². The Morgan fingerprint density at radius 1 is 1.68 bits per heavy atom. The lowest BCUT2D eigenvalue weighted by Gasteiger charge is -2.39. The Morgan fingerprint density at radius 2 is 2.42 bits per heavy atom. The summed E-state index contributed by atoms with van der Waals surface area (Å²) >= 11 is 6.14. The molecule has 1 N–H and O–H groups in total. The van der Waals surface area contributed by atoms with Gasteiger partial charge in [0.1, 0.15) is 0 Å². The summed E-state index contributed by atoms with van der Waals surface area (Å²) in [6, 6.07) is 0. The van der Waals surface area contributed by atoms with Crippen molar-refractivity contribution in [3.63, 3.8) is 0 Å². The molecule has 2 unspecified atom stereocenters. The quantitative estimate of drug-likeness (QED) is 0.867. The van der Waals surface area contributed by atoms with E-state index < -0.39 is 0 Å². The third-order valence-corrected chi connectivity index (χ3v) is 4.50. The monoisotopic (exact) mass is 283 g/mol. The standard InChI is InChI=1S/C14H22ClN3O/c1-10-5-4-6-14(7-10,9-15)16-13(19)12-8-18(3)17-11(12)2/h8,10H,4-7,9H2,1-3H3,(H,16,19). The Kier molecular flexibility index (Phi) is 4.19. The molecule has 19 heavy (non-hydrogen) atoms. The van der Waals surface area contributed by atoms with Crippen LogP contribution in [-0.4, -0.2) is 27.1 Å². The fraction of sp³-hybridized carbons (Fsp3) is 0.714. The first kappa shape index (κ1) is 14.4. The van der Waals surface area contributed by atoms with E-state index in [1.807, 2.05) is 14.0 Å². The van der Waals surface area contributed by atoms with Gasteiger partial charge in [-0.15, -0.1) is 11.6 Å². The van der Waals surface area contributed by atoms with E-state index >= 15 is 0 Å². The molecule has 1 aliphatic rings. The molecular weight excluding hydrogens is 262 g/mol. The molecule has 5 heteroatoms. The molecule has 1 amide bonds. The zero-order valence-corrected chi connectivity index (χ0v) is 12.6. The van der Waals surface area contributed by atoms with Crippen LogP contribution in [0.25, 0.3) is 0 Å². The lowest BCUT2D eigenvalue weighted by molar-refractivity contribution is 0.0866. The number of amides is 1. The number of halogens is 1. The van der Waals surface area contributed by atoms with Gasteiger partial charge in [0.05, 0.1) is 16.8 Å². The van der Waals surface area contributed by atoms with Crippen LogP contribution < -0.4 is 5.32 Å². The minimum absolute atomic E-state index is 0.0552. The second-order valence-electron chi connectivity index (χ2n) is 5.87. The van der Waals surface area contributed by atoms with Gasteiger partial charge in [0.15, 0.2) is 0 Å². The van der Waals surface area contributed by atoms with Crippen molar-refractivity contribution in [2.24, 2.45) is 13.0 Å². The van der Waals surface area contributed by atoms with Crippen molar-refractivity contribution < 1.29 is 4.79 Å². The molecule has 0 saturated heterocycles. The summed E-state index contributed by atoms with van der Waals surface area (Å²) in [5.74, 6) is 1.03. The summed E-state index contributed by atoms with van der Waals surface area (Å²) < 4.78 is 1.67. The highest BCUT2D eigenvalue weighted by Crippen LogP contribution is 2.33. The first-order valence-corrected chi connectivity index (χ1v) is 7.38. The number of rotatable bonds is 3. The van der Waals surface area contributed by atoms with Crippen LogP contribution in [0.1, 0.15) is 48.7 Å². The zero-order valence-electron chi connectivity index (χ0n) is 11.9. The second-order valence-corrected chi connectivity index (χ2v) is 6.14. The van der Waals surface area contributed by atoms with E-state index in [2.05, 4.69) is 17.3 Å². The van der Waals surface area contributed by atoms with Crippen LogP contribution in [0.15, 0.2) is 6.20 Å². The number of carbonyl (C=O) groups excluding carboxylic acids is 1. The summed E-state index contributed by atoms with van der Waals surface area (Å²) in [5, 5.41) is 7.37. The maximum atomic E-state index is 12.4. The molecule has 0 bridgehead atoms. The van der Waals surface area contributed by atoms with Crippen LogP contribution in [0.5, 0.6) is 0 Å². The summed E-state index contributed by atoms with van der Waals surface area (Å²) in [7, 11) is 1.82. The molecule has 1 aliphatic carbocycles. The predicted octanol–water partition coefficient (Wildman–Crippen LogP) is 2.65. The third kappa shape index (κ3) is 3.11. The summed E-state index contributed by atoms with van der Waals surface area (Å²) in [4.78, 5) is 12.4. The van der Waals surface area contributed by atoms with Crippen molar-refractivity contribution >= 4 is 17.5 Å². The largest absolute Gasteiger partial charge is 0.345 e. The van der Waals surface area contributed by atoms with Crippen molar-refractivity contribution in [2.45, 2.75) is 45.1 Å². The highest BCUT2D eigenvalue weighted by Gasteiger charge is 2.36. The zero-order chi connectivity index (χ0) is 14.0. The van der Waals surface area contributed by atoms with Crippen molar-refractivity contribution in [3.8, 4) is 0 Å². The molecule has 1 aromatic rings. The smallest absolute Gasteiger partial charge is 0.255 e. The Hall–Kier alpha value is -1.03. The Bertz CT molecular complexity index is 471. The van der Waals surface area contributed by atoms with Gasteiger partial charge in [-0.05, 0) is 25.7 Å². The molecule has 2 atom stereocenters. The van der Waals surface area contributed by atoms with Crippen molar-refractivity contribution in [1.29, 1.82) is 0 Å². The van der Waals surface area contributed by atoms with Gasteiger partial charge in [0, 0.05) is 19.1 Å². The van der Waals surface area contributed by atoms with Gasteiger partial charge in [-0.2, -0.15) is 5.10 Å². The number of aryl methyl sites for hydroxylation is 2. The number of carbonyl (C=O) groups is 1. The first-order valence-electron chi connectivity index (χ1n) is 6.84. The van der Waals surface area contributed by atoms with Gasteiger partial charge in [-0.3, -0.25) is 9.48 Å². The van der Waals surface area contributed by atoms with Gasteiger partial charge in [0.2, 0.25) is 0 Å². The van der Waals surface area contributed by atoms with E-state index in [1.54, 1.807) is 10.9 Å². The number of nitrogens with one attached hydrogen (secondary N) is 1. The number of alkyl halides is 1. The first-order chi connectivity index (χ1) is 8.96. The number of aromatic nitrogens is 2. The van der Waals surface area contributed by atoms with E-state index in [-0.39, 0.29) is 11.4 Å². The number of nitrogens with zero attached hydrogens (tertiary/aromatic N) is 2. The molecule has 0 aliphatic heterocycles. The fourth-order valence-corrected chi connectivity index (χ4v) is 3.37. The molecule has 0 spiro atoms. The van der Waals surface area contributed by atoms with Gasteiger partial charge in [-0.1, -0.05) is 19.8 Å². The van der Waals surface area contributed by atoms with Crippen molar-refractivity contribution in [3.05, 3.63) is 17.5 Å². The second kappa shape index (κ2) is 5.53. The average molecular weight is 284 g/mol. The molecular formula is C14H22ClN3O. The van der Waals surface area contributed by atoms with Crippen LogP contribution in [0.4, 0.5) is 0 Å². The van der Waals surface area contributed by atoms with Crippen LogP contribution in [-0.2, 0) is 7.05 Å². The normalized spacial score (nSPS) is 27.3. The molecule has 1 aromatic heterocycles. The summed E-state index contributed by atoms with van der Waals surface area (Å²) in [6.07, 6.45) is 6.03. The predicted molar refractivity (Wildman–Crippen MR) is 76.5 cm³/mol. The Balaban J connectivity index is 2.14. The van der Waals surface area contributed by atoms with Gasteiger partial charge in [-0.25, -0.2) is 0 Å². The van der Waals surface area contributed by atoms with E-state index in [9.17, 15) is 4.79 Å². The molecule has 1 fully saturated rings. The number of hydrogen-bond acceptors (Lipinski definition) is 2. The van der Waals surface area contributed by atoms with Crippen LogP contribution >= 0.6 is 11.6 Å². The SMILES string of the molecule is Cc1nn(C)cc1C(=O)NC1(CCl)CCCC(C)C1. The van der Waals surface area contributed by atoms with Gasteiger partial charge >= 0.3 is 0 Å². The third-order valence-electron chi connectivity index (χ3n) is 3.98. The fourth-order valence-electron chi connectivity index (χ4n) is 3.06. The lowest BCUT2D eigenvalue weighted by Crippen LogP contribution is -2.52. The maximum absolute atomic E-state index is 12.4. The molecule has 2 rings (SSSR count). The van der Waals surface area contributed by atoms with Crippen LogP contribution in [0, 0.1) is 12.8 Å². The lowest BCUT2D eigenvalue weighted by atomic mass is 9.77. The van der Waals surface area contributed by atoms with Crippen LogP contribution in [0.2, 0.25) is 0 Å². The van der Waals surface area contributed by atoms with E-state index in [0.717, 1.165) is 25.0 Å². The molecule has 4 nitrogen and oxygen atoms in total. The minimum atomic E-state index is -0.251. The summed E-state index contributed by atoms with van der Waals surface area (Å²) in [6.45, 7) is 4.08. The van der Waals surface area contributed by atoms with Crippen molar-refractivity contribution in [1.82, 2.24) is 15.1 Å². The molecule has 1 saturated carbocycles. The Morgan fingerprint density at radius 3 is 2.95 bits per heavy atom. The topological polar surface area (TPSA) is 46.9 Å². The molecule has 0 radical (unpaired) electrons. The highest BCUT2D eigenvalue weighted by molar-refractivity contribution is 6.19. The maximum Gasteiger partial charge on any atom is 0.255 e. The van der Waals surface area contributed by atoms with E-state index in [4.69, 9.17) is 11.6 Å². The number of hydrogen-bond donors (Lipinski definition) is 1. The summed E-state index contributed by atoms with van der Waals surface area (Å²) in [5.41, 5.74) is 1.15. The van der Waals surface area contributed by atoms with Gasteiger partial charge < -0.3 is 5.32 Å². The van der Waals surface area contributed by atoms with Crippen LogP contribution in [0.3, 0.4) is 0 Å². The van der Waals surface area contributed by atoms with Gasteiger partial charge in [0.25, 0.3) is 5.91 Å². The molecule has 106 valence electrons. The van der Waals surface area contributed by atoms with Crippen molar-refractivity contribution in [2.75, 3.05) is 5.88 Å².